The Morgan fingerprint density at radius 1 is 1.09 bits per heavy atom. The Kier molecular flexibility index (Phi) is 4.98. The van der Waals surface area contributed by atoms with Crippen molar-refractivity contribution in [3.05, 3.63) is 35.4 Å². The van der Waals surface area contributed by atoms with E-state index in [0.717, 1.165) is 0 Å². The van der Waals surface area contributed by atoms with Gasteiger partial charge in [-0.2, -0.15) is 0 Å². The zero-order valence-electron chi connectivity index (χ0n) is 12.4. The Labute approximate surface area is 128 Å². The Balaban J connectivity index is 1.99. The molecule has 1 aliphatic rings. The molecule has 1 fully saturated rings. The van der Waals surface area contributed by atoms with Crippen molar-refractivity contribution in [1.82, 2.24) is 9.80 Å². The van der Waals surface area contributed by atoms with Crippen LogP contribution in [0.1, 0.15) is 27.6 Å². The average Bonchev–Trinajstić information content (AvgIpc) is 2.54. The minimum Gasteiger partial charge on any atom is -0.450 e. The van der Waals surface area contributed by atoms with Crippen LogP contribution in [0.4, 0.5) is 4.79 Å². The lowest BCUT2D eigenvalue weighted by atomic mass is 10.1. The Hall–Kier alpha value is -2.57. The average molecular weight is 305 g/mol. The van der Waals surface area contributed by atoms with Crippen LogP contribution in [0.25, 0.3) is 0 Å². The second-order valence-corrected chi connectivity index (χ2v) is 4.92. The standard InChI is InChI=1S/C15H19N3O4/c1-2-22-15(21)18-8-6-17(7-9-18)14(20)12-5-3-4-11(10-12)13(16)19/h3-5,10H,2,6-9H2,1H3,(H2,16,19). The number of nitrogens with zero attached hydrogens (tertiary/aromatic N) is 2. The summed E-state index contributed by atoms with van der Waals surface area (Å²) in [5.41, 5.74) is 5.94. The lowest BCUT2D eigenvalue weighted by molar-refractivity contribution is 0.0570. The highest BCUT2D eigenvalue weighted by atomic mass is 16.6. The fourth-order valence-corrected chi connectivity index (χ4v) is 2.29. The lowest BCUT2D eigenvalue weighted by Gasteiger charge is -2.34. The summed E-state index contributed by atoms with van der Waals surface area (Å²) >= 11 is 0. The van der Waals surface area contributed by atoms with Gasteiger partial charge >= 0.3 is 6.09 Å². The van der Waals surface area contributed by atoms with Crippen molar-refractivity contribution >= 4 is 17.9 Å². The van der Waals surface area contributed by atoms with Crippen molar-refractivity contribution < 1.29 is 19.1 Å². The summed E-state index contributed by atoms with van der Waals surface area (Å²) in [5, 5.41) is 0. The molecule has 2 rings (SSSR count). The molecule has 0 spiro atoms. The second-order valence-electron chi connectivity index (χ2n) is 4.92. The second kappa shape index (κ2) is 6.93. The van der Waals surface area contributed by atoms with Gasteiger partial charge in [0.05, 0.1) is 6.61 Å². The molecule has 1 heterocycles. The number of hydrogen-bond donors (Lipinski definition) is 1. The van der Waals surface area contributed by atoms with Gasteiger partial charge in [-0.3, -0.25) is 9.59 Å². The number of nitrogens with two attached hydrogens (primary N) is 1. The highest BCUT2D eigenvalue weighted by molar-refractivity contribution is 5.99. The van der Waals surface area contributed by atoms with Crippen molar-refractivity contribution in [2.45, 2.75) is 6.92 Å². The number of piperazine rings is 1. The molecule has 118 valence electrons. The van der Waals surface area contributed by atoms with Gasteiger partial charge in [-0.05, 0) is 25.1 Å². The fourth-order valence-electron chi connectivity index (χ4n) is 2.29. The minimum absolute atomic E-state index is 0.174. The molecule has 3 amide bonds. The molecule has 7 heteroatoms. The SMILES string of the molecule is CCOC(=O)N1CCN(C(=O)c2cccc(C(N)=O)c2)CC1. The molecule has 22 heavy (non-hydrogen) atoms. The summed E-state index contributed by atoms with van der Waals surface area (Å²) in [4.78, 5) is 38.4. The first-order chi connectivity index (χ1) is 10.5. The quantitative estimate of drug-likeness (QED) is 0.889. The minimum atomic E-state index is -0.568. The van der Waals surface area contributed by atoms with Crippen LogP contribution in [0, 0.1) is 0 Å². The van der Waals surface area contributed by atoms with E-state index in [9.17, 15) is 14.4 Å². The van der Waals surface area contributed by atoms with Crippen molar-refractivity contribution in [3.63, 3.8) is 0 Å². The van der Waals surface area contributed by atoms with Gasteiger partial charge in [0.25, 0.3) is 5.91 Å². The lowest BCUT2D eigenvalue weighted by Crippen LogP contribution is -2.50. The number of carbonyl (C=O) groups excluding carboxylic acids is 3. The van der Waals surface area contributed by atoms with E-state index in [-0.39, 0.29) is 12.0 Å². The molecule has 0 atom stereocenters. The third kappa shape index (κ3) is 3.55. The van der Waals surface area contributed by atoms with Crippen LogP contribution < -0.4 is 5.73 Å². The molecule has 0 saturated carbocycles. The summed E-state index contributed by atoms with van der Waals surface area (Å²) in [6, 6.07) is 6.33. The molecule has 1 aromatic carbocycles. The van der Waals surface area contributed by atoms with Crippen molar-refractivity contribution in [3.8, 4) is 0 Å². The summed E-state index contributed by atoms with van der Waals surface area (Å²) in [7, 11) is 0. The molecule has 7 nitrogen and oxygen atoms in total. The van der Waals surface area contributed by atoms with Gasteiger partial charge in [0.1, 0.15) is 0 Å². The van der Waals surface area contributed by atoms with Crippen LogP contribution in [-0.2, 0) is 4.74 Å². The molecule has 0 unspecified atom stereocenters. The number of benzene rings is 1. The fraction of sp³-hybridized carbons (Fsp3) is 0.400. The van der Waals surface area contributed by atoms with Crippen molar-refractivity contribution in [2.75, 3.05) is 32.8 Å². The van der Waals surface area contributed by atoms with Gasteiger partial charge in [-0.1, -0.05) is 6.07 Å². The monoisotopic (exact) mass is 305 g/mol. The summed E-state index contributed by atoms with van der Waals surface area (Å²) < 4.78 is 4.94. The van der Waals surface area contributed by atoms with Crippen LogP contribution in [0.3, 0.4) is 0 Å². The van der Waals surface area contributed by atoms with Crippen LogP contribution >= 0.6 is 0 Å². The van der Waals surface area contributed by atoms with Crippen molar-refractivity contribution in [1.29, 1.82) is 0 Å². The zero-order valence-corrected chi connectivity index (χ0v) is 12.4. The first-order valence-electron chi connectivity index (χ1n) is 7.13. The van der Waals surface area contributed by atoms with E-state index < -0.39 is 5.91 Å². The first-order valence-corrected chi connectivity index (χ1v) is 7.13. The topological polar surface area (TPSA) is 92.9 Å². The largest absolute Gasteiger partial charge is 0.450 e. The molecule has 1 aromatic rings. The zero-order chi connectivity index (χ0) is 16.1. The van der Waals surface area contributed by atoms with E-state index >= 15 is 0 Å². The first kappa shape index (κ1) is 15.8. The molecular formula is C15H19N3O4. The number of primary amides is 1. The maximum atomic E-state index is 12.4. The third-order valence-electron chi connectivity index (χ3n) is 3.49. The van der Waals surface area contributed by atoms with Crippen LogP contribution in [0.15, 0.2) is 24.3 Å². The van der Waals surface area contributed by atoms with Crippen molar-refractivity contribution in [2.24, 2.45) is 5.73 Å². The molecule has 0 bridgehead atoms. The van der Waals surface area contributed by atoms with Gasteiger partial charge in [0, 0.05) is 37.3 Å². The van der Waals surface area contributed by atoms with Crippen LogP contribution in [-0.4, -0.2) is 60.5 Å². The Bertz CT molecular complexity index is 580. The molecule has 0 radical (unpaired) electrons. The summed E-state index contributed by atoms with van der Waals surface area (Å²) in [6.45, 7) is 3.80. The van der Waals surface area contributed by atoms with E-state index in [2.05, 4.69) is 0 Å². The number of rotatable bonds is 3. The Morgan fingerprint density at radius 2 is 1.68 bits per heavy atom. The number of carbonyl (C=O) groups is 3. The normalized spacial score (nSPS) is 14.6. The van der Waals surface area contributed by atoms with E-state index in [1.165, 1.54) is 6.07 Å². The third-order valence-corrected chi connectivity index (χ3v) is 3.49. The maximum absolute atomic E-state index is 12.4. The van der Waals surface area contributed by atoms with Gasteiger partial charge in [0.15, 0.2) is 0 Å². The highest BCUT2D eigenvalue weighted by Gasteiger charge is 2.25. The molecule has 0 aliphatic carbocycles. The molecule has 2 N–H and O–H groups in total. The Morgan fingerprint density at radius 3 is 2.27 bits per heavy atom. The number of amides is 3. The van der Waals surface area contributed by atoms with Gasteiger partial charge in [-0.15, -0.1) is 0 Å². The van der Waals surface area contributed by atoms with E-state index in [1.807, 2.05) is 0 Å². The predicted molar refractivity (Wildman–Crippen MR) is 79.5 cm³/mol. The predicted octanol–water partition coefficient (Wildman–Crippen LogP) is 0.700. The van der Waals surface area contributed by atoms with Gasteiger partial charge in [-0.25, -0.2) is 4.79 Å². The molecule has 1 saturated heterocycles. The van der Waals surface area contributed by atoms with E-state index in [4.69, 9.17) is 10.5 Å². The van der Waals surface area contributed by atoms with Crippen LogP contribution in [0.2, 0.25) is 0 Å². The smallest absolute Gasteiger partial charge is 0.409 e. The number of hydrogen-bond acceptors (Lipinski definition) is 4. The summed E-state index contributed by atoms with van der Waals surface area (Å²) in [5.74, 6) is -0.742. The maximum Gasteiger partial charge on any atom is 0.409 e. The van der Waals surface area contributed by atoms with Gasteiger partial charge < -0.3 is 20.3 Å². The van der Waals surface area contributed by atoms with E-state index in [1.54, 1.807) is 34.9 Å². The van der Waals surface area contributed by atoms with Gasteiger partial charge in [0.2, 0.25) is 5.91 Å². The number of ether oxygens (including phenoxy) is 1. The highest BCUT2D eigenvalue weighted by Crippen LogP contribution is 2.11. The molecule has 0 aromatic heterocycles. The molecular weight excluding hydrogens is 286 g/mol. The molecule has 1 aliphatic heterocycles. The summed E-state index contributed by atoms with van der Waals surface area (Å²) in [6.07, 6.45) is -0.356. The van der Waals surface area contributed by atoms with Crippen LogP contribution in [0.5, 0.6) is 0 Å². The van der Waals surface area contributed by atoms with E-state index in [0.29, 0.717) is 43.9 Å².